The van der Waals surface area contributed by atoms with Crippen molar-refractivity contribution in [1.82, 2.24) is 9.13 Å². The van der Waals surface area contributed by atoms with Crippen LogP contribution in [0.25, 0.3) is 15.9 Å². The van der Waals surface area contributed by atoms with Gasteiger partial charge in [-0.3, -0.25) is 14.2 Å². The molecular weight excluding hydrogens is 422 g/mol. The fourth-order valence-corrected chi connectivity index (χ4v) is 4.57. The van der Waals surface area contributed by atoms with Crippen molar-refractivity contribution in [2.75, 3.05) is 5.32 Å². The molecule has 0 bridgehead atoms. The smallest absolute Gasteiger partial charge is 0.325 e. The Hall–Kier alpha value is -3.45. The lowest BCUT2D eigenvalue weighted by Crippen LogP contribution is -2.40. The maximum Gasteiger partial charge on any atom is 0.336 e. The van der Waals surface area contributed by atoms with Gasteiger partial charge in [0.15, 0.2) is 0 Å². The van der Waals surface area contributed by atoms with Crippen molar-refractivity contribution in [3.05, 3.63) is 91.4 Å². The number of thiophene rings is 1. The first-order valence-corrected chi connectivity index (χ1v) is 11.4. The van der Waals surface area contributed by atoms with Crippen LogP contribution in [-0.2, 0) is 11.3 Å². The molecule has 0 saturated heterocycles. The number of hydrogen-bond acceptors (Lipinski definition) is 4. The van der Waals surface area contributed by atoms with Gasteiger partial charge in [0.2, 0.25) is 5.91 Å². The topological polar surface area (TPSA) is 73.1 Å². The number of rotatable bonds is 5. The first-order valence-electron chi connectivity index (χ1n) is 10.5. The van der Waals surface area contributed by atoms with Gasteiger partial charge in [-0.15, -0.1) is 11.3 Å². The summed E-state index contributed by atoms with van der Waals surface area (Å²) in [5, 5.41) is 4.64. The standard InChI is InChI=1S/C25H25N3O3S/c1-15(2)18-8-6-9-19(13-18)26-22(29)14-27-21-11-12-32-23(21)24(30)28(25(27)31)20-10-5-7-16(3)17(20)4/h5-13,15H,14H2,1-4H3,(H,26,29). The number of aryl methyl sites for hydroxylation is 1. The summed E-state index contributed by atoms with van der Waals surface area (Å²) in [6.07, 6.45) is 0. The van der Waals surface area contributed by atoms with Gasteiger partial charge in [-0.2, -0.15) is 0 Å². The summed E-state index contributed by atoms with van der Waals surface area (Å²) in [5.74, 6) is 0.00713. The van der Waals surface area contributed by atoms with Crippen LogP contribution in [0.4, 0.5) is 5.69 Å². The average molecular weight is 448 g/mol. The minimum atomic E-state index is -0.527. The highest BCUT2D eigenvalue weighted by Gasteiger charge is 2.19. The van der Waals surface area contributed by atoms with Crippen LogP contribution in [0.5, 0.6) is 0 Å². The van der Waals surface area contributed by atoms with Gasteiger partial charge in [-0.1, -0.05) is 38.1 Å². The highest BCUT2D eigenvalue weighted by Crippen LogP contribution is 2.20. The zero-order valence-corrected chi connectivity index (χ0v) is 19.3. The number of nitrogens with zero attached hydrogens (tertiary/aromatic N) is 2. The molecule has 32 heavy (non-hydrogen) atoms. The van der Waals surface area contributed by atoms with Gasteiger partial charge in [-0.25, -0.2) is 9.36 Å². The first kappa shape index (κ1) is 21.8. The molecule has 7 heteroatoms. The number of hydrogen-bond donors (Lipinski definition) is 1. The number of anilines is 1. The molecule has 0 aliphatic carbocycles. The van der Waals surface area contributed by atoms with E-state index in [1.807, 2.05) is 50.2 Å². The Balaban J connectivity index is 1.78. The zero-order chi connectivity index (χ0) is 23.0. The van der Waals surface area contributed by atoms with Crippen molar-refractivity contribution in [2.24, 2.45) is 0 Å². The van der Waals surface area contributed by atoms with Crippen LogP contribution in [0.2, 0.25) is 0 Å². The largest absolute Gasteiger partial charge is 0.336 e. The molecule has 2 heterocycles. The number of amides is 1. The molecule has 1 amide bonds. The van der Waals surface area contributed by atoms with Crippen molar-refractivity contribution in [3.63, 3.8) is 0 Å². The monoisotopic (exact) mass is 447 g/mol. The van der Waals surface area contributed by atoms with Crippen LogP contribution in [-0.4, -0.2) is 15.0 Å². The third-order valence-electron chi connectivity index (χ3n) is 5.71. The molecule has 164 valence electrons. The van der Waals surface area contributed by atoms with E-state index in [0.29, 0.717) is 27.5 Å². The van der Waals surface area contributed by atoms with E-state index < -0.39 is 5.69 Å². The van der Waals surface area contributed by atoms with Crippen LogP contribution in [0.3, 0.4) is 0 Å². The van der Waals surface area contributed by atoms with E-state index in [2.05, 4.69) is 19.2 Å². The third-order valence-corrected chi connectivity index (χ3v) is 6.60. The van der Waals surface area contributed by atoms with E-state index in [9.17, 15) is 14.4 Å². The third kappa shape index (κ3) is 3.91. The SMILES string of the molecule is Cc1cccc(-n2c(=O)c3sccc3n(CC(=O)Nc3cccc(C(C)C)c3)c2=O)c1C. The lowest BCUT2D eigenvalue weighted by molar-refractivity contribution is -0.116. The average Bonchev–Trinajstić information content (AvgIpc) is 3.24. The Kier molecular flexibility index (Phi) is 5.84. The van der Waals surface area contributed by atoms with E-state index in [1.165, 1.54) is 20.5 Å². The maximum absolute atomic E-state index is 13.4. The molecule has 0 saturated carbocycles. The lowest BCUT2D eigenvalue weighted by atomic mass is 10.0. The Morgan fingerprint density at radius 3 is 2.56 bits per heavy atom. The molecule has 4 aromatic rings. The first-order chi connectivity index (χ1) is 15.3. The van der Waals surface area contributed by atoms with Gasteiger partial charge in [0.05, 0.1) is 11.2 Å². The van der Waals surface area contributed by atoms with E-state index in [4.69, 9.17) is 0 Å². The molecule has 1 N–H and O–H groups in total. The van der Waals surface area contributed by atoms with Crippen molar-refractivity contribution >= 4 is 33.1 Å². The summed E-state index contributed by atoms with van der Waals surface area (Å²) in [5.41, 5.74) is 3.74. The molecule has 0 fully saturated rings. The quantitative estimate of drug-likeness (QED) is 0.486. The van der Waals surface area contributed by atoms with Gasteiger partial charge in [-0.05, 0) is 66.1 Å². The lowest BCUT2D eigenvalue weighted by Gasteiger charge is -2.15. The molecule has 2 aromatic heterocycles. The van der Waals surface area contributed by atoms with Crippen molar-refractivity contribution in [2.45, 2.75) is 40.2 Å². The molecule has 0 aliphatic heterocycles. The summed E-state index contributed by atoms with van der Waals surface area (Å²) in [7, 11) is 0. The summed E-state index contributed by atoms with van der Waals surface area (Å²) in [6, 6.07) is 14.9. The fraction of sp³-hybridized carbons (Fsp3) is 0.240. The van der Waals surface area contributed by atoms with Gasteiger partial charge in [0.25, 0.3) is 5.56 Å². The molecule has 2 aromatic carbocycles. The highest BCUT2D eigenvalue weighted by atomic mass is 32.1. The zero-order valence-electron chi connectivity index (χ0n) is 18.5. The number of nitrogens with one attached hydrogen (secondary N) is 1. The van der Waals surface area contributed by atoms with Gasteiger partial charge < -0.3 is 5.32 Å². The van der Waals surface area contributed by atoms with Crippen LogP contribution < -0.4 is 16.6 Å². The molecule has 0 radical (unpaired) electrons. The molecule has 6 nitrogen and oxygen atoms in total. The second-order valence-electron chi connectivity index (χ2n) is 8.19. The molecule has 0 unspecified atom stereocenters. The second-order valence-corrected chi connectivity index (χ2v) is 9.11. The van der Waals surface area contributed by atoms with E-state index in [0.717, 1.165) is 16.7 Å². The van der Waals surface area contributed by atoms with Crippen LogP contribution in [0.15, 0.2) is 63.5 Å². The van der Waals surface area contributed by atoms with Crippen LogP contribution in [0, 0.1) is 13.8 Å². The van der Waals surface area contributed by atoms with Gasteiger partial charge in [0, 0.05) is 5.69 Å². The number of benzene rings is 2. The summed E-state index contributed by atoms with van der Waals surface area (Å²) in [6.45, 7) is 7.80. The second kappa shape index (κ2) is 8.59. The van der Waals surface area contributed by atoms with Crippen molar-refractivity contribution < 1.29 is 4.79 Å². The predicted octanol–water partition coefficient (Wildman–Crippen LogP) is 4.59. The fourth-order valence-electron chi connectivity index (χ4n) is 3.75. The summed E-state index contributed by atoms with van der Waals surface area (Å²) in [4.78, 5) is 39.5. The minimum absolute atomic E-state index is 0.191. The molecule has 0 spiro atoms. The maximum atomic E-state index is 13.4. The van der Waals surface area contributed by atoms with Crippen LogP contribution in [0.1, 0.15) is 36.5 Å². The van der Waals surface area contributed by atoms with E-state index >= 15 is 0 Å². The Morgan fingerprint density at radius 1 is 1.06 bits per heavy atom. The number of aromatic nitrogens is 2. The van der Waals surface area contributed by atoms with Gasteiger partial charge >= 0.3 is 5.69 Å². The summed E-state index contributed by atoms with van der Waals surface area (Å²) >= 11 is 1.27. The Morgan fingerprint density at radius 2 is 1.81 bits per heavy atom. The molecule has 0 aliphatic rings. The molecule has 4 rings (SSSR count). The highest BCUT2D eigenvalue weighted by molar-refractivity contribution is 7.17. The van der Waals surface area contributed by atoms with Crippen LogP contribution >= 0.6 is 11.3 Å². The molecular formula is C25H25N3O3S. The predicted molar refractivity (Wildman–Crippen MR) is 130 cm³/mol. The van der Waals surface area contributed by atoms with E-state index in [1.54, 1.807) is 17.5 Å². The Bertz CT molecular complexity index is 1440. The Labute approximate surface area is 189 Å². The van der Waals surface area contributed by atoms with Crippen molar-refractivity contribution in [1.29, 1.82) is 0 Å². The van der Waals surface area contributed by atoms with Crippen molar-refractivity contribution in [3.8, 4) is 5.69 Å². The molecule has 0 atom stereocenters. The number of carbonyl (C=O) groups excluding carboxylic acids is 1. The minimum Gasteiger partial charge on any atom is -0.325 e. The number of carbonyl (C=O) groups is 1. The van der Waals surface area contributed by atoms with Gasteiger partial charge in [0.1, 0.15) is 11.2 Å². The number of fused-ring (bicyclic) bond motifs is 1. The summed E-state index contributed by atoms with van der Waals surface area (Å²) < 4.78 is 2.99. The normalized spacial score (nSPS) is 11.3. The van der Waals surface area contributed by atoms with E-state index in [-0.39, 0.29) is 18.0 Å².